The highest BCUT2D eigenvalue weighted by Crippen LogP contribution is 2.10. The van der Waals surface area contributed by atoms with Crippen LogP contribution in [-0.2, 0) is 0 Å². The van der Waals surface area contributed by atoms with Crippen molar-refractivity contribution >= 4 is 6.21 Å². The maximum atomic E-state index is 5.08. The van der Waals surface area contributed by atoms with Crippen LogP contribution in [0.25, 0.3) is 0 Å². The third kappa shape index (κ3) is 3.11. The van der Waals surface area contributed by atoms with Gasteiger partial charge in [-0.15, -0.1) is 6.58 Å². The van der Waals surface area contributed by atoms with E-state index in [0.29, 0.717) is 6.54 Å². The van der Waals surface area contributed by atoms with E-state index in [-0.39, 0.29) is 0 Å². The lowest BCUT2D eigenvalue weighted by molar-refractivity contribution is 0.415. The van der Waals surface area contributed by atoms with Gasteiger partial charge in [-0.05, 0) is 17.7 Å². The second-order valence-electron chi connectivity index (χ2n) is 2.56. The lowest BCUT2D eigenvalue weighted by Gasteiger charge is -1.99. The summed E-state index contributed by atoms with van der Waals surface area (Å²) in [4.78, 5) is 4.14. The van der Waals surface area contributed by atoms with Gasteiger partial charge in [0.15, 0.2) is 0 Å². The molecule has 0 fully saturated rings. The zero-order valence-corrected chi connectivity index (χ0v) is 7.73. The molecule has 1 aromatic carbocycles. The van der Waals surface area contributed by atoms with Crippen molar-refractivity contribution in [1.82, 2.24) is 0 Å². The topological polar surface area (TPSA) is 21.6 Å². The highest BCUT2D eigenvalue weighted by atomic mass is 16.5. The zero-order valence-electron chi connectivity index (χ0n) is 7.73. The van der Waals surface area contributed by atoms with Crippen LogP contribution < -0.4 is 4.74 Å². The van der Waals surface area contributed by atoms with E-state index in [4.69, 9.17) is 4.74 Å². The molecule has 1 rings (SSSR count). The lowest BCUT2D eigenvalue weighted by Crippen LogP contribution is -1.86. The molecule has 0 bridgehead atoms. The number of ether oxygens (including phenoxy) is 1. The lowest BCUT2D eigenvalue weighted by atomic mass is 10.2. The Hall–Kier alpha value is -1.57. The van der Waals surface area contributed by atoms with Gasteiger partial charge in [0.1, 0.15) is 5.75 Å². The van der Waals surface area contributed by atoms with Gasteiger partial charge in [0.25, 0.3) is 0 Å². The van der Waals surface area contributed by atoms with Crippen LogP contribution in [0.3, 0.4) is 0 Å². The number of hydrogen-bond acceptors (Lipinski definition) is 2. The first-order chi connectivity index (χ1) is 6.36. The molecule has 0 aliphatic rings. The first-order valence-electron chi connectivity index (χ1n) is 4.11. The molecule has 2 heteroatoms. The molecule has 0 aliphatic heterocycles. The van der Waals surface area contributed by atoms with Gasteiger partial charge < -0.3 is 4.74 Å². The maximum absolute atomic E-state index is 5.08. The summed E-state index contributed by atoms with van der Waals surface area (Å²) in [6.45, 7) is 4.24. The summed E-state index contributed by atoms with van der Waals surface area (Å²) in [6.07, 6.45) is 3.57. The van der Waals surface area contributed by atoms with Gasteiger partial charge in [0.2, 0.25) is 0 Å². The predicted molar refractivity (Wildman–Crippen MR) is 55.7 cm³/mol. The third-order valence-electron chi connectivity index (χ3n) is 1.57. The molecule has 0 heterocycles. The number of nitrogens with zero attached hydrogens (tertiary/aromatic N) is 1. The van der Waals surface area contributed by atoms with E-state index in [1.807, 2.05) is 30.5 Å². The summed E-state index contributed by atoms with van der Waals surface area (Å²) in [5.41, 5.74) is 1.04. The van der Waals surface area contributed by atoms with Crippen LogP contribution in [0.15, 0.2) is 41.9 Å². The Morgan fingerprint density at radius 1 is 1.54 bits per heavy atom. The van der Waals surface area contributed by atoms with Gasteiger partial charge in [0.05, 0.1) is 13.7 Å². The largest absolute Gasteiger partial charge is 0.497 e. The van der Waals surface area contributed by atoms with E-state index in [9.17, 15) is 0 Å². The average molecular weight is 175 g/mol. The Morgan fingerprint density at radius 3 is 3.08 bits per heavy atom. The third-order valence-corrected chi connectivity index (χ3v) is 1.57. The summed E-state index contributed by atoms with van der Waals surface area (Å²) in [5, 5.41) is 0. The molecule has 0 spiro atoms. The monoisotopic (exact) mass is 175 g/mol. The molecule has 0 atom stereocenters. The van der Waals surface area contributed by atoms with Crippen LogP contribution in [0, 0.1) is 0 Å². The van der Waals surface area contributed by atoms with Gasteiger partial charge in [-0.1, -0.05) is 18.2 Å². The normalized spacial score (nSPS) is 10.2. The molecule has 2 nitrogen and oxygen atoms in total. The average Bonchev–Trinajstić information content (AvgIpc) is 2.19. The van der Waals surface area contributed by atoms with Gasteiger partial charge in [0, 0.05) is 6.21 Å². The summed E-state index contributed by atoms with van der Waals surface area (Å²) >= 11 is 0. The maximum Gasteiger partial charge on any atom is 0.119 e. The Balaban J connectivity index is 2.71. The Morgan fingerprint density at radius 2 is 2.38 bits per heavy atom. The molecular formula is C11H13NO. The number of aliphatic imine (C=N–C) groups is 1. The second-order valence-corrected chi connectivity index (χ2v) is 2.56. The molecular weight excluding hydrogens is 162 g/mol. The van der Waals surface area contributed by atoms with Crippen molar-refractivity contribution in [1.29, 1.82) is 0 Å². The van der Waals surface area contributed by atoms with Crippen molar-refractivity contribution in [3.8, 4) is 5.75 Å². The van der Waals surface area contributed by atoms with Crippen molar-refractivity contribution in [2.75, 3.05) is 13.7 Å². The van der Waals surface area contributed by atoms with Crippen molar-refractivity contribution in [3.05, 3.63) is 42.5 Å². The van der Waals surface area contributed by atoms with E-state index < -0.39 is 0 Å². The molecule has 1 aromatic rings. The van der Waals surface area contributed by atoms with Crippen LogP contribution in [0.4, 0.5) is 0 Å². The predicted octanol–water partition coefficient (Wildman–Crippen LogP) is 2.30. The van der Waals surface area contributed by atoms with Crippen LogP contribution in [-0.4, -0.2) is 19.9 Å². The highest BCUT2D eigenvalue weighted by molar-refractivity contribution is 5.80. The molecule has 0 radical (unpaired) electrons. The minimum Gasteiger partial charge on any atom is -0.497 e. The van der Waals surface area contributed by atoms with Crippen molar-refractivity contribution in [2.24, 2.45) is 4.99 Å². The van der Waals surface area contributed by atoms with Crippen LogP contribution in [0.5, 0.6) is 5.75 Å². The summed E-state index contributed by atoms with van der Waals surface area (Å²) in [7, 11) is 1.65. The van der Waals surface area contributed by atoms with Gasteiger partial charge in [-0.2, -0.15) is 0 Å². The van der Waals surface area contributed by atoms with E-state index in [0.717, 1.165) is 11.3 Å². The van der Waals surface area contributed by atoms with Crippen molar-refractivity contribution in [3.63, 3.8) is 0 Å². The van der Waals surface area contributed by atoms with E-state index in [2.05, 4.69) is 11.6 Å². The molecule has 13 heavy (non-hydrogen) atoms. The molecule has 0 aromatic heterocycles. The minimum absolute atomic E-state index is 0.650. The number of benzene rings is 1. The smallest absolute Gasteiger partial charge is 0.119 e. The molecule has 0 aliphatic carbocycles. The molecule has 0 saturated carbocycles. The highest BCUT2D eigenvalue weighted by Gasteiger charge is 1.90. The van der Waals surface area contributed by atoms with Gasteiger partial charge in [-0.25, -0.2) is 0 Å². The van der Waals surface area contributed by atoms with Crippen LogP contribution in [0.1, 0.15) is 5.56 Å². The fourth-order valence-electron chi connectivity index (χ4n) is 0.954. The van der Waals surface area contributed by atoms with Crippen LogP contribution in [0.2, 0.25) is 0 Å². The van der Waals surface area contributed by atoms with E-state index in [1.54, 1.807) is 13.2 Å². The van der Waals surface area contributed by atoms with Gasteiger partial charge >= 0.3 is 0 Å². The Kier molecular flexibility index (Phi) is 3.76. The Bertz CT molecular complexity index is 305. The first kappa shape index (κ1) is 9.52. The van der Waals surface area contributed by atoms with Crippen molar-refractivity contribution < 1.29 is 4.74 Å². The van der Waals surface area contributed by atoms with Crippen LogP contribution >= 0.6 is 0 Å². The van der Waals surface area contributed by atoms with Crippen molar-refractivity contribution in [2.45, 2.75) is 0 Å². The fourth-order valence-corrected chi connectivity index (χ4v) is 0.954. The molecule has 0 amide bonds. The van der Waals surface area contributed by atoms with E-state index in [1.165, 1.54) is 0 Å². The molecule has 0 saturated heterocycles. The summed E-state index contributed by atoms with van der Waals surface area (Å²) < 4.78 is 5.08. The van der Waals surface area contributed by atoms with Gasteiger partial charge in [-0.3, -0.25) is 4.99 Å². The Labute approximate surface area is 78.6 Å². The minimum atomic E-state index is 0.650. The molecule has 0 unspecified atom stereocenters. The molecule has 0 N–H and O–H groups in total. The number of rotatable bonds is 4. The SMILES string of the molecule is C=CCN=Cc1cccc(OC)c1. The number of methoxy groups -OCH3 is 1. The standard InChI is InChI=1S/C11H13NO/c1-3-7-12-9-10-5-4-6-11(8-10)13-2/h3-6,8-9H,1,7H2,2H3. The summed E-state index contributed by atoms with van der Waals surface area (Å²) in [5.74, 6) is 0.850. The fraction of sp³-hybridized carbons (Fsp3) is 0.182. The summed E-state index contributed by atoms with van der Waals surface area (Å²) in [6, 6.07) is 7.76. The number of hydrogen-bond donors (Lipinski definition) is 0. The first-order valence-corrected chi connectivity index (χ1v) is 4.11. The second kappa shape index (κ2) is 5.14. The zero-order chi connectivity index (χ0) is 9.52. The van der Waals surface area contributed by atoms with E-state index >= 15 is 0 Å². The molecule has 68 valence electrons. The quantitative estimate of drug-likeness (QED) is 0.508.